The minimum absolute atomic E-state index is 0.140. The van der Waals surface area contributed by atoms with E-state index in [1.807, 2.05) is 72.8 Å². The number of hydrogen-bond acceptors (Lipinski definition) is 3. The molecule has 0 spiro atoms. The molecule has 164 valence electrons. The third kappa shape index (κ3) is 3.02. The van der Waals surface area contributed by atoms with Gasteiger partial charge in [-0.05, 0) is 34.9 Å². The van der Waals surface area contributed by atoms with E-state index in [-0.39, 0.29) is 24.5 Å². The summed E-state index contributed by atoms with van der Waals surface area (Å²) < 4.78 is 5.33. The van der Waals surface area contributed by atoms with E-state index in [0.29, 0.717) is 6.42 Å². The van der Waals surface area contributed by atoms with E-state index in [2.05, 4.69) is 11.1 Å². The van der Waals surface area contributed by atoms with Gasteiger partial charge in [-0.1, -0.05) is 60.7 Å². The number of benzene rings is 3. The molecule has 4 aromatic rings. The largest absolute Gasteiger partial charge is 0.497 e. The number of hydrogen-bond donors (Lipinski definition) is 1. The van der Waals surface area contributed by atoms with Crippen molar-refractivity contribution in [3.8, 4) is 5.75 Å². The monoisotopic (exact) mass is 437 g/mol. The number of ether oxygens (including phenoxy) is 1. The van der Waals surface area contributed by atoms with E-state index in [4.69, 9.17) is 4.74 Å². The molecule has 1 saturated heterocycles. The SMILES string of the molecule is COc1ccc([C@@H]2c3[nH]c4ccccc4c3C[C@@H]3C(=O)N(Cc4ccccc4)C(=O)N23)cc1. The van der Waals surface area contributed by atoms with Crippen molar-refractivity contribution < 1.29 is 14.3 Å². The highest BCUT2D eigenvalue weighted by molar-refractivity contribution is 6.05. The van der Waals surface area contributed by atoms with Gasteiger partial charge in [-0.2, -0.15) is 0 Å². The van der Waals surface area contributed by atoms with Crippen LogP contribution in [0.1, 0.15) is 28.4 Å². The number of urea groups is 1. The summed E-state index contributed by atoms with van der Waals surface area (Å²) in [5, 5.41) is 1.10. The fraction of sp³-hybridized carbons (Fsp3) is 0.185. The Hall–Kier alpha value is -4.06. The minimum Gasteiger partial charge on any atom is -0.497 e. The molecule has 6 heteroatoms. The molecule has 0 bridgehead atoms. The zero-order valence-corrected chi connectivity index (χ0v) is 18.2. The maximum absolute atomic E-state index is 13.7. The summed E-state index contributed by atoms with van der Waals surface area (Å²) in [6.07, 6.45) is 0.502. The number of nitrogens with zero attached hydrogens (tertiary/aromatic N) is 2. The number of carbonyl (C=O) groups is 2. The van der Waals surface area contributed by atoms with Crippen LogP contribution in [0.25, 0.3) is 10.9 Å². The number of amides is 3. The molecule has 1 fully saturated rings. The standard InChI is InChI=1S/C27H23N3O3/c1-33-19-13-11-18(12-14-19)25-24-21(20-9-5-6-10-22(20)28-24)15-23-26(31)29(27(32)30(23)25)16-17-7-3-2-4-8-17/h2-14,23,25,28H,15-16H2,1H3/t23-,25-/m1/s1. The third-order valence-corrected chi connectivity index (χ3v) is 6.75. The average Bonchev–Trinajstić information content (AvgIpc) is 3.34. The summed E-state index contributed by atoms with van der Waals surface area (Å²) >= 11 is 0. The Labute approximate surface area is 191 Å². The second-order valence-electron chi connectivity index (χ2n) is 8.56. The molecule has 0 radical (unpaired) electrons. The topological polar surface area (TPSA) is 65.6 Å². The first kappa shape index (κ1) is 19.6. The summed E-state index contributed by atoms with van der Waals surface area (Å²) in [4.78, 5) is 33.9. The maximum atomic E-state index is 13.7. The highest BCUT2D eigenvalue weighted by atomic mass is 16.5. The van der Waals surface area contributed by atoms with Crippen LogP contribution in [0.5, 0.6) is 5.75 Å². The lowest BCUT2D eigenvalue weighted by atomic mass is 9.89. The van der Waals surface area contributed by atoms with Crippen LogP contribution in [-0.4, -0.2) is 39.9 Å². The number of imide groups is 1. The molecule has 0 unspecified atom stereocenters. The van der Waals surface area contributed by atoms with Crippen molar-refractivity contribution in [2.75, 3.05) is 7.11 Å². The summed E-state index contributed by atoms with van der Waals surface area (Å²) in [7, 11) is 1.63. The smallest absolute Gasteiger partial charge is 0.328 e. The Bertz CT molecular complexity index is 1360. The number of H-pyrrole nitrogens is 1. The molecule has 0 aliphatic carbocycles. The fourth-order valence-electron chi connectivity index (χ4n) is 5.17. The van der Waals surface area contributed by atoms with Gasteiger partial charge in [0.2, 0.25) is 0 Å². The predicted octanol–water partition coefficient (Wildman–Crippen LogP) is 4.66. The Morgan fingerprint density at radius 3 is 2.42 bits per heavy atom. The Morgan fingerprint density at radius 1 is 0.939 bits per heavy atom. The molecule has 6 nitrogen and oxygen atoms in total. The van der Waals surface area contributed by atoms with Gasteiger partial charge in [-0.3, -0.25) is 14.6 Å². The number of nitrogens with one attached hydrogen (secondary N) is 1. The zero-order chi connectivity index (χ0) is 22.5. The van der Waals surface area contributed by atoms with Crippen molar-refractivity contribution in [1.82, 2.24) is 14.8 Å². The van der Waals surface area contributed by atoms with Crippen molar-refractivity contribution in [2.24, 2.45) is 0 Å². The van der Waals surface area contributed by atoms with Gasteiger partial charge in [0.15, 0.2) is 0 Å². The van der Waals surface area contributed by atoms with Gasteiger partial charge in [0.05, 0.1) is 13.7 Å². The van der Waals surface area contributed by atoms with Gasteiger partial charge < -0.3 is 9.72 Å². The third-order valence-electron chi connectivity index (χ3n) is 6.75. The lowest BCUT2D eigenvalue weighted by molar-refractivity contribution is -0.129. The van der Waals surface area contributed by atoms with Crippen molar-refractivity contribution in [2.45, 2.75) is 25.0 Å². The van der Waals surface area contributed by atoms with Gasteiger partial charge in [-0.15, -0.1) is 0 Å². The molecule has 1 N–H and O–H groups in total. The number of carbonyl (C=O) groups excluding carboxylic acids is 2. The molecule has 3 heterocycles. The van der Waals surface area contributed by atoms with Gasteiger partial charge in [-0.25, -0.2) is 4.79 Å². The summed E-state index contributed by atoms with van der Waals surface area (Å²) in [5.74, 6) is 0.607. The van der Waals surface area contributed by atoms with Gasteiger partial charge >= 0.3 is 6.03 Å². The quantitative estimate of drug-likeness (QED) is 0.473. The molecule has 3 amide bonds. The van der Waals surface area contributed by atoms with E-state index in [1.54, 1.807) is 12.0 Å². The maximum Gasteiger partial charge on any atom is 0.328 e. The summed E-state index contributed by atoms with van der Waals surface area (Å²) in [6, 6.07) is 24.3. The van der Waals surface area contributed by atoms with Crippen LogP contribution in [0.2, 0.25) is 0 Å². The number of methoxy groups -OCH3 is 1. The molecule has 1 aromatic heterocycles. The first-order chi connectivity index (χ1) is 16.2. The zero-order valence-electron chi connectivity index (χ0n) is 18.2. The van der Waals surface area contributed by atoms with Crippen LogP contribution in [0, 0.1) is 0 Å². The molecular weight excluding hydrogens is 414 g/mol. The first-order valence-corrected chi connectivity index (χ1v) is 11.1. The van der Waals surface area contributed by atoms with Crippen LogP contribution >= 0.6 is 0 Å². The second-order valence-corrected chi connectivity index (χ2v) is 8.56. The molecule has 33 heavy (non-hydrogen) atoms. The minimum atomic E-state index is -0.528. The predicted molar refractivity (Wildman–Crippen MR) is 125 cm³/mol. The van der Waals surface area contributed by atoms with E-state index in [1.165, 1.54) is 4.90 Å². The molecule has 6 rings (SSSR count). The molecule has 2 aliphatic heterocycles. The highest BCUT2D eigenvalue weighted by Gasteiger charge is 2.52. The fourth-order valence-corrected chi connectivity index (χ4v) is 5.17. The van der Waals surface area contributed by atoms with E-state index in [0.717, 1.165) is 39.0 Å². The highest BCUT2D eigenvalue weighted by Crippen LogP contribution is 2.44. The van der Waals surface area contributed by atoms with Crippen molar-refractivity contribution in [3.05, 3.63) is 101 Å². The lowest BCUT2D eigenvalue weighted by Crippen LogP contribution is -2.44. The average molecular weight is 437 g/mol. The van der Waals surface area contributed by atoms with Crippen LogP contribution in [-0.2, 0) is 17.8 Å². The molecule has 0 saturated carbocycles. The van der Waals surface area contributed by atoms with Crippen molar-refractivity contribution in [1.29, 1.82) is 0 Å². The number of fused-ring (bicyclic) bond motifs is 4. The number of rotatable bonds is 4. The van der Waals surface area contributed by atoms with Crippen LogP contribution in [0.15, 0.2) is 78.9 Å². The molecule has 2 atom stereocenters. The Balaban J connectivity index is 1.48. The van der Waals surface area contributed by atoms with Crippen LogP contribution in [0.4, 0.5) is 4.79 Å². The lowest BCUT2D eigenvalue weighted by Gasteiger charge is -2.36. The normalized spacial score (nSPS) is 19.7. The van der Waals surface area contributed by atoms with Crippen LogP contribution in [0.3, 0.4) is 0 Å². The van der Waals surface area contributed by atoms with E-state index in [9.17, 15) is 9.59 Å². The molecule has 2 aliphatic rings. The van der Waals surface area contributed by atoms with Gasteiger partial charge in [0, 0.05) is 23.0 Å². The van der Waals surface area contributed by atoms with Gasteiger partial charge in [0.25, 0.3) is 5.91 Å². The number of para-hydroxylation sites is 1. The second kappa shape index (κ2) is 7.52. The Morgan fingerprint density at radius 2 is 1.67 bits per heavy atom. The first-order valence-electron chi connectivity index (χ1n) is 11.1. The number of aromatic nitrogens is 1. The van der Waals surface area contributed by atoms with E-state index >= 15 is 0 Å². The van der Waals surface area contributed by atoms with Gasteiger partial charge in [0.1, 0.15) is 17.8 Å². The molecular formula is C27H23N3O3. The van der Waals surface area contributed by atoms with E-state index < -0.39 is 6.04 Å². The van der Waals surface area contributed by atoms with Crippen molar-refractivity contribution >= 4 is 22.8 Å². The summed E-state index contributed by atoms with van der Waals surface area (Å²) in [5.41, 5.74) is 4.97. The number of aromatic amines is 1. The molecule has 3 aromatic carbocycles. The Kier molecular flexibility index (Phi) is 4.47. The van der Waals surface area contributed by atoms with Crippen molar-refractivity contribution in [3.63, 3.8) is 0 Å². The van der Waals surface area contributed by atoms with Crippen LogP contribution < -0.4 is 4.74 Å². The summed E-state index contributed by atoms with van der Waals surface area (Å²) in [6.45, 7) is 0.273.